The number of likely N-dealkylation sites (N-methyl/N-ethyl adjacent to an activating group) is 1. The molecule has 0 amide bonds. The van der Waals surface area contributed by atoms with E-state index in [1.807, 2.05) is 7.05 Å². The highest BCUT2D eigenvalue weighted by Crippen LogP contribution is 2.19. The first-order valence-corrected chi connectivity index (χ1v) is 11.2. The van der Waals surface area contributed by atoms with Crippen molar-refractivity contribution in [3.63, 3.8) is 0 Å². The lowest BCUT2D eigenvalue weighted by Gasteiger charge is -2.35. The number of hydrogen-bond acceptors (Lipinski definition) is 4. The van der Waals surface area contributed by atoms with Crippen molar-refractivity contribution < 1.29 is 4.74 Å². The van der Waals surface area contributed by atoms with Crippen LogP contribution in [0.15, 0.2) is 4.99 Å². The first kappa shape index (κ1) is 22.4. The van der Waals surface area contributed by atoms with Gasteiger partial charge in [0, 0.05) is 52.9 Å². The molecule has 1 aliphatic heterocycles. The van der Waals surface area contributed by atoms with Crippen molar-refractivity contribution in [2.45, 2.75) is 58.5 Å². The fourth-order valence-corrected chi connectivity index (χ4v) is 4.09. The molecule has 1 aliphatic carbocycles. The van der Waals surface area contributed by atoms with Crippen molar-refractivity contribution in [1.82, 2.24) is 20.4 Å². The van der Waals surface area contributed by atoms with E-state index < -0.39 is 0 Å². The first-order chi connectivity index (χ1) is 13.2. The molecule has 1 saturated heterocycles. The Morgan fingerprint density at radius 2 is 1.70 bits per heavy atom. The summed E-state index contributed by atoms with van der Waals surface area (Å²) in [5, 5.41) is 6.86. The van der Waals surface area contributed by atoms with E-state index in [9.17, 15) is 0 Å². The fraction of sp³-hybridized carbons (Fsp3) is 0.952. The summed E-state index contributed by atoms with van der Waals surface area (Å²) in [5.74, 6) is 1.50. The lowest BCUT2D eigenvalue weighted by Crippen LogP contribution is -2.48. The number of piperazine rings is 1. The third-order valence-electron chi connectivity index (χ3n) is 5.87. The van der Waals surface area contributed by atoms with Gasteiger partial charge < -0.3 is 25.2 Å². The maximum absolute atomic E-state index is 6.05. The molecule has 2 rings (SSSR count). The van der Waals surface area contributed by atoms with Gasteiger partial charge in [-0.15, -0.1) is 0 Å². The Labute approximate surface area is 167 Å². The number of rotatable bonds is 9. The topological polar surface area (TPSA) is 52.1 Å². The summed E-state index contributed by atoms with van der Waals surface area (Å²) in [4.78, 5) is 9.47. The van der Waals surface area contributed by atoms with Crippen LogP contribution in [0.1, 0.15) is 52.4 Å². The zero-order valence-corrected chi connectivity index (χ0v) is 18.0. The van der Waals surface area contributed by atoms with Gasteiger partial charge in [-0.1, -0.05) is 39.5 Å². The van der Waals surface area contributed by atoms with Gasteiger partial charge in [0.2, 0.25) is 0 Å². The summed E-state index contributed by atoms with van der Waals surface area (Å²) >= 11 is 0. The standard InChI is InChI=1S/C21H43N5O/c1-4-25-12-14-26(15-13-25)18-19(2)17-24-21(22-3)23-11-16-27-20-9-7-5-6-8-10-20/h19-20H,4-18H2,1-3H3,(H2,22,23,24). The van der Waals surface area contributed by atoms with Crippen LogP contribution < -0.4 is 10.6 Å². The largest absolute Gasteiger partial charge is 0.376 e. The molecule has 6 heteroatoms. The van der Waals surface area contributed by atoms with E-state index in [0.717, 1.165) is 32.2 Å². The zero-order chi connectivity index (χ0) is 19.3. The summed E-state index contributed by atoms with van der Waals surface area (Å²) in [6.07, 6.45) is 8.34. The van der Waals surface area contributed by atoms with E-state index in [4.69, 9.17) is 4.74 Å². The van der Waals surface area contributed by atoms with Crippen molar-refractivity contribution >= 4 is 5.96 Å². The van der Waals surface area contributed by atoms with Crippen LogP contribution in [-0.2, 0) is 4.74 Å². The van der Waals surface area contributed by atoms with Crippen LogP contribution in [0.25, 0.3) is 0 Å². The van der Waals surface area contributed by atoms with E-state index in [0.29, 0.717) is 12.0 Å². The van der Waals surface area contributed by atoms with Crippen molar-refractivity contribution in [3.05, 3.63) is 0 Å². The van der Waals surface area contributed by atoms with Crippen LogP contribution in [0, 0.1) is 5.92 Å². The third kappa shape index (κ3) is 9.26. The molecule has 0 aromatic carbocycles. The van der Waals surface area contributed by atoms with Crippen LogP contribution in [-0.4, -0.2) is 87.9 Å². The molecule has 0 aromatic heterocycles. The molecule has 0 bridgehead atoms. The molecular weight excluding hydrogens is 338 g/mol. The summed E-state index contributed by atoms with van der Waals surface area (Å²) in [7, 11) is 1.84. The molecule has 1 atom stereocenters. The lowest BCUT2D eigenvalue weighted by atomic mass is 10.1. The second-order valence-electron chi connectivity index (χ2n) is 8.20. The van der Waals surface area contributed by atoms with Gasteiger partial charge in [-0.25, -0.2) is 0 Å². The Bertz CT molecular complexity index is 401. The molecule has 27 heavy (non-hydrogen) atoms. The molecule has 1 heterocycles. The summed E-state index contributed by atoms with van der Waals surface area (Å²) in [6.45, 7) is 14.3. The molecule has 1 saturated carbocycles. The second-order valence-corrected chi connectivity index (χ2v) is 8.20. The highest BCUT2D eigenvalue weighted by Gasteiger charge is 2.17. The summed E-state index contributed by atoms with van der Waals surface area (Å²) in [5.41, 5.74) is 0. The Morgan fingerprint density at radius 1 is 1.04 bits per heavy atom. The molecule has 1 unspecified atom stereocenters. The van der Waals surface area contributed by atoms with Crippen molar-refractivity contribution in [1.29, 1.82) is 0 Å². The minimum atomic E-state index is 0.470. The Kier molecular flexibility index (Phi) is 11.1. The van der Waals surface area contributed by atoms with Crippen LogP contribution in [0.5, 0.6) is 0 Å². The van der Waals surface area contributed by atoms with Gasteiger partial charge in [0.25, 0.3) is 0 Å². The molecule has 0 aromatic rings. The quantitative estimate of drug-likeness (QED) is 0.277. The predicted octanol–water partition coefficient (Wildman–Crippen LogP) is 2.16. The lowest BCUT2D eigenvalue weighted by molar-refractivity contribution is 0.0468. The number of nitrogens with one attached hydrogen (secondary N) is 2. The molecule has 158 valence electrons. The summed E-state index contributed by atoms with van der Waals surface area (Å²) in [6, 6.07) is 0. The third-order valence-corrected chi connectivity index (χ3v) is 5.87. The predicted molar refractivity (Wildman–Crippen MR) is 115 cm³/mol. The van der Waals surface area contributed by atoms with Crippen molar-refractivity contribution in [2.75, 3.05) is 66.0 Å². The zero-order valence-electron chi connectivity index (χ0n) is 18.0. The molecule has 0 spiro atoms. The number of hydrogen-bond donors (Lipinski definition) is 2. The number of guanidine groups is 1. The molecule has 0 radical (unpaired) electrons. The molecule has 2 N–H and O–H groups in total. The number of ether oxygens (including phenoxy) is 1. The maximum atomic E-state index is 6.05. The molecular formula is C21H43N5O. The number of aliphatic imine (C=N–C) groups is 1. The molecule has 2 fully saturated rings. The Hall–Kier alpha value is -0.850. The van der Waals surface area contributed by atoms with Gasteiger partial charge in [-0.3, -0.25) is 4.99 Å². The minimum absolute atomic E-state index is 0.470. The highest BCUT2D eigenvalue weighted by molar-refractivity contribution is 5.79. The van der Waals surface area contributed by atoms with Crippen molar-refractivity contribution in [2.24, 2.45) is 10.9 Å². The Balaban J connectivity index is 1.54. The van der Waals surface area contributed by atoms with Gasteiger partial charge in [-0.05, 0) is 25.3 Å². The van der Waals surface area contributed by atoms with Crippen LogP contribution in [0.3, 0.4) is 0 Å². The smallest absolute Gasteiger partial charge is 0.191 e. The van der Waals surface area contributed by atoms with Gasteiger partial charge in [0.05, 0.1) is 12.7 Å². The number of nitrogens with zero attached hydrogens (tertiary/aromatic N) is 3. The van der Waals surface area contributed by atoms with Crippen LogP contribution >= 0.6 is 0 Å². The second kappa shape index (κ2) is 13.3. The minimum Gasteiger partial charge on any atom is -0.376 e. The van der Waals surface area contributed by atoms with E-state index in [-0.39, 0.29) is 0 Å². The van der Waals surface area contributed by atoms with Crippen LogP contribution in [0.2, 0.25) is 0 Å². The monoisotopic (exact) mass is 381 g/mol. The Morgan fingerprint density at radius 3 is 2.33 bits per heavy atom. The molecule has 2 aliphatic rings. The summed E-state index contributed by atoms with van der Waals surface area (Å²) < 4.78 is 6.05. The van der Waals surface area contributed by atoms with Crippen molar-refractivity contribution in [3.8, 4) is 0 Å². The van der Waals surface area contributed by atoms with E-state index >= 15 is 0 Å². The van der Waals surface area contributed by atoms with Gasteiger partial charge >= 0.3 is 0 Å². The van der Waals surface area contributed by atoms with E-state index in [1.54, 1.807) is 0 Å². The van der Waals surface area contributed by atoms with E-state index in [1.165, 1.54) is 71.2 Å². The first-order valence-electron chi connectivity index (χ1n) is 11.2. The van der Waals surface area contributed by atoms with Gasteiger partial charge in [0.15, 0.2) is 5.96 Å². The van der Waals surface area contributed by atoms with Crippen LogP contribution in [0.4, 0.5) is 0 Å². The van der Waals surface area contributed by atoms with E-state index in [2.05, 4.69) is 39.3 Å². The normalized spacial score (nSPS) is 22.4. The highest BCUT2D eigenvalue weighted by atomic mass is 16.5. The van der Waals surface area contributed by atoms with Gasteiger partial charge in [0.1, 0.15) is 0 Å². The average molecular weight is 382 g/mol. The average Bonchev–Trinajstić information content (AvgIpc) is 2.97. The van der Waals surface area contributed by atoms with Gasteiger partial charge in [-0.2, -0.15) is 0 Å². The fourth-order valence-electron chi connectivity index (χ4n) is 4.09. The SMILES string of the molecule is CCN1CCN(CC(C)CNC(=NC)NCCOC2CCCCCC2)CC1. The molecule has 6 nitrogen and oxygen atoms in total. The maximum Gasteiger partial charge on any atom is 0.191 e.